The van der Waals surface area contributed by atoms with Crippen molar-refractivity contribution in [3.05, 3.63) is 51.1 Å². The molecular weight excluding hydrogens is 434 g/mol. The van der Waals surface area contributed by atoms with Gasteiger partial charge in [0.25, 0.3) is 5.91 Å². The Morgan fingerprint density at radius 3 is 2.97 bits per heavy atom. The fourth-order valence-corrected chi connectivity index (χ4v) is 5.67. The molecule has 0 aliphatic carbocycles. The molecular formula is C21H17Cl2FN2O2S. The van der Waals surface area contributed by atoms with Crippen molar-refractivity contribution in [3.8, 4) is 16.9 Å². The number of carbonyl (C=O) groups excluding carboxylic acids is 1. The molecule has 4 nitrogen and oxygen atoms in total. The first-order valence-corrected chi connectivity index (χ1v) is 11.0. The molecule has 3 heterocycles. The molecule has 150 valence electrons. The summed E-state index contributed by atoms with van der Waals surface area (Å²) in [5.41, 5.74) is 1.65. The molecule has 2 aromatic carbocycles. The van der Waals surface area contributed by atoms with Crippen LogP contribution >= 0.6 is 34.5 Å². The zero-order valence-corrected chi connectivity index (χ0v) is 17.6. The Balaban J connectivity index is 1.69. The highest BCUT2D eigenvalue weighted by atomic mass is 35.5. The molecule has 0 bridgehead atoms. The van der Waals surface area contributed by atoms with Crippen LogP contribution in [0.2, 0.25) is 10.0 Å². The van der Waals surface area contributed by atoms with Gasteiger partial charge in [-0.15, -0.1) is 11.3 Å². The monoisotopic (exact) mass is 450 g/mol. The van der Waals surface area contributed by atoms with Gasteiger partial charge in [-0.25, -0.2) is 4.39 Å². The second kappa shape index (κ2) is 7.43. The van der Waals surface area contributed by atoms with Crippen LogP contribution in [0, 0.1) is 5.82 Å². The Labute approximate surface area is 181 Å². The molecule has 0 unspecified atom stereocenters. The molecule has 5 rings (SSSR count). The van der Waals surface area contributed by atoms with Gasteiger partial charge < -0.3 is 15.0 Å². The van der Waals surface area contributed by atoms with Gasteiger partial charge in [-0.3, -0.25) is 4.79 Å². The highest BCUT2D eigenvalue weighted by Crippen LogP contribution is 2.46. The van der Waals surface area contributed by atoms with Crippen LogP contribution in [0.3, 0.4) is 0 Å². The lowest BCUT2D eigenvalue weighted by Crippen LogP contribution is -2.54. The minimum Gasteiger partial charge on any atom is -0.491 e. The molecule has 2 aliphatic heterocycles. The maximum absolute atomic E-state index is 14.2. The van der Waals surface area contributed by atoms with Gasteiger partial charge in [-0.1, -0.05) is 29.3 Å². The third-order valence-electron chi connectivity index (χ3n) is 5.55. The zero-order chi connectivity index (χ0) is 20.1. The van der Waals surface area contributed by atoms with Crippen molar-refractivity contribution in [2.45, 2.75) is 12.5 Å². The maximum atomic E-state index is 14.2. The number of thiophene rings is 1. The van der Waals surface area contributed by atoms with E-state index in [1.807, 2.05) is 16.3 Å². The third kappa shape index (κ3) is 3.10. The van der Waals surface area contributed by atoms with E-state index in [9.17, 15) is 9.18 Å². The van der Waals surface area contributed by atoms with Gasteiger partial charge in [0, 0.05) is 43.0 Å². The van der Waals surface area contributed by atoms with Crippen LogP contribution in [0.4, 0.5) is 4.39 Å². The Bertz CT molecular complexity index is 1130. The maximum Gasteiger partial charge on any atom is 0.258 e. The lowest BCUT2D eigenvalue weighted by molar-refractivity contribution is 0.0576. The number of benzene rings is 2. The number of ether oxygens (including phenoxy) is 1. The van der Waals surface area contributed by atoms with Crippen molar-refractivity contribution in [1.29, 1.82) is 0 Å². The average Bonchev–Trinajstić information content (AvgIpc) is 3.21. The van der Waals surface area contributed by atoms with Crippen LogP contribution in [0.15, 0.2) is 29.6 Å². The van der Waals surface area contributed by atoms with Crippen molar-refractivity contribution >= 4 is 50.5 Å². The van der Waals surface area contributed by atoms with Crippen LogP contribution < -0.4 is 10.1 Å². The summed E-state index contributed by atoms with van der Waals surface area (Å²) in [6, 6.07) is 6.64. The minimum atomic E-state index is -0.284. The van der Waals surface area contributed by atoms with Gasteiger partial charge in [0.2, 0.25) is 0 Å². The van der Waals surface area contributed by atoms with E-state index >= 15 is 0 Å². The number of amides is 1. The van der Waals surface area contributed by atoms with Crippen molar-refractivity contribution in [2.24, 2.45) is 0 Å². The normalized spacial score (nSPS) is 19.3. The number of piperazine rings is 1. The molecule has 0 radical (unpaired) electrons. The second-order valence-electron chi connectivity index (χ2n) is 7.18. The van der Waals surface area contributed by atoms with E-state index in [4.69, 9.17) is 27.9 Å². The molecule has 29 heavy (non-hydrogen) atoms. The molecule has 3 aromatic rings. The van der Waals surface area contributed by atoms with Crippen molar-refractivity contribution in [2.75, 3.05) is 26.2 Å². The number of carbonyl (C=O) groups is 1. The Morgan fingerprint density at radius 2 is 2.10 bits per heavy atom. The number of hydrogen-bond acceptors (Lipinski definition) is 4. The fraction of sp³-hybridized carbons (Fsp3) is 0.286. The summed E-state index contributed by atoms with van der Waals surface area (Å²) in [6.07, 6.45) is 0.720. The van der Waals surface area contributed by atoms with Crippen LogP contribution in [0.1, 0.15) is 16.8 Å². The number of hydrogen-bond donors (Lipinski definition) is 1. The molecule has 0 spiro atoms. The van der Waals surface area contributed by atoms with Gasteiger partial charge >= 0.3 is 0 Å². The molecule has 1 atom stereocenters. The quantitative estimate of drug-likeness (QED) is 0.552. The van der Waals surface area contributed by atoms with E-state index in [0.29, 0.717) is 39.8 Å². The summed E-state index contributed by atoms with van der Waals surface area (Å²) >= 11 is 14.7. The summed E-state index contributed by atoms with van der Waals surface area (Å²) in [6.45, 7) is 2.58. The molecule has 1 aromatic heterocycles. The smallest absolute Gasteiger partial charge is 0.258 e. The predicted molar refractivity (Wildman–Crippen MR) is 115 cm³/mol. The first kappa shape index (κ1) is 19.1. The number of rotatable bonds is 1. The van der Waals surface area contributed by atoms with Gasteiger partial charge in [0.05, 0.1) is 26.9 Å². The van der Waals surface area contributed by atoms with Crippen molar-refractivity contribution in [3.63, 3.8) is 0 Å². The van der Waals surface area contributed by atoms with E-state index < -0.39 is 0 Å². The van der Waals surface area contributed by atoms with Crippen molar-refractivity contribution in [1.82, 2.24) is 10.2 Å². The molecule has 1 N–H and O–H groups in total. The SMILES string of the molecule is O=C1c2cc(Cl)c(-c3ccc(F)c4sccc34)c(Cl)c2OCC[C@H]2CNCCN12. The van der Waals surface area contributed by atoms with E-state index in [-0.39, 0.29) is 22.8 Å². The number of fused-ring (bicyclic) bond motifs is 3. The van der Waals surface area contributed by atoms with Crippen molar-refractivity contribution < 1.29 is 13.9 Å². The van der Waals surface area contributed by atoms with Crippen LogP contribution in [-0.2, 0) is 0 Å². The molecule has 2 aliphatic rings. The summed E-state index contributed by atoms with van der Waals surface area (Å²) in [5.74, 6) is -0.0597. The molecule has 1 saturated heterocycles. The van der Waals surface area contributed by atoms with Gasteiger partial charge in [0.1, 0.15) is 5.82 Å². The summed E-state index contributed by atoms with van der Waals surface area (Å²) in [5, 5.41) is 6.51. The van der Waals surface area contributed by atoms with Gasteiger partial charge in [0.15, 0.2) is 5.75 Å². The van der Waals surface area contributed by atoms with Crippen LogP contribution in [-0.4, -0.2) is 43.1 Å². The van der Waals surface area contributed by atoms with E-state index in [0.717, 1.165) is 30.5 Å². The Morgan fingerprint density at radius 1 is 1.24 bits per heavy atom. The Hall–Kier alpha value is -1.86. The first-order valence-electron chi connectivity index (χ1n) is 9.39. The van der Waals surface area contributed by atoms with Gasteiger partial charge in [-0.05, 0) is 29.1 Å². The summed E-state index contributed by atoms with van der Waals surface area (Å²) < 4.78 is 20.7. The number of nitrogens with one attached hydrogen (secondary N) is 1. The third-order valence-corrected chi connectivity index (χ3v) is 7.13. The highest BCUT2D eigenvalue weighted by Gasteiger charge is 2.33. The standard InChI is InChI=1S/C21H17Cl2FN2O2S/c22-15-9-14-19(28-7-3-11-10-25-5-6-26(11)21(14)27)18(23)17(15)12-1-2-16(24)20-13(12)4-8-29-20/h1-2,4,8-9,11,25H,3,5-7,10H2/t11-/m0/s1. The minimum absolute atomic E-state index is 0.0872. The van der Waals surface area contributed by atoms with E-state index in [2.05, 4.69) is 5.32 Å². The van der Waals surface area contributed by atoms with E-state index in [1.165, 1.54) is 17.4 Å². The Kier molecular flexibility index (Phi) is 4.90. The highest BCUT2D eigenvalue weighted by molar-refractivity contribution is 7.17. The average molecular weight is 451 g/mol. The number of nitrogens with zero attached hydrogens (tertiary/aromatic N) is 1. The molecule has 1 fully saturated rings. The topological polar surface area (TPSA) is 41.6 Å². The zero-order valence-electron chi connectivity index (χ0n) is 15.3. The summed E-state index contributed by atoms with van der Waals surface area (Å²) in [4.78, 5) is 15.1. The summed E-state index contributed by atoms with van der Waals surface area (Å²) in [7, 11) is 0. The van der Waals surface area contributed by atoms with Gasteiger partial charge in [-0.2, -0.15) is 0 Å². The fourth-order valence-electron chi connectivity index (χ4n) is 4.13. The lowest BCUT2D eigenvalue weighted by Gasteiger charge is -2.38. The molecule has 8 heteroatoms. The first-order chi connectivity index (χ1) is 14.1. The lowest BCUT2D eigenvalue weighted by atomic mass is 9.98. The van der Waals surface area contributed by atoms with Crippen LogP contribution in [0.25, 0.3) is 21.2 Å². The van der Waals surface area contributed by atoms with E-state index in [1.54, 1.807) is 12.1 Å². The predicted octanol–water partition coefficient (Wildman–Crippen LogP) is 5.21. The largest absolute Gasteiger partial charge is 0.491 e. The molecule has 0 saturated carbocycles. The number of halogens is 3. The second-order valence-corrected chi connectivity index (χ2v) is 8.88. The molecule has 1 amide bonds. The van der Waals surface area contributed by atoms with Crippen LogP contribution in [0.5, 0.6) is 5.75 Å².